The van der Waals surface area contributed by atoms with Gasteiger partial charge in [-0.3, -0.25) is 4.79 Å². The molecule has 0 aromatic heterocycles. The highest BCUT2D eigenvalue weighted by molar-refractivity contribution is 5.97. The molecule has 4 heteroatoms. The average Bonchev–Trinajstić information content (AvgIpc) is 2.67. The summed E-state index contributed by atoms with van der Waals surface area (Å²) in [6, 6.07) is 13.7. The zero-order chi connectivity index (χ0) is 18.7. The highest BCUT2D eigenvalue weighted by Crippen LogP contribution is 2.42. The first kappa shape index (κ1) is 18.1. The summed E-state index contributed by atoms with van der Waals surface area (Å²) in [5.74, 6) is 1.71. The second-order valence-corrected chi connectivity index (χ2v) is 6.65. The molecule has 0 unspecified atom stereocenters. The van der Waals surface area contributed by atoms with E-state index in [0.717, 1.165) is 23.2 Å². The monoisotopic (exact) mass is 351 g/mol. The molecule has 0 radical (unpaired) electrons. The molecule has 136 valence electrons. The van der Waals surface area contributed by atoms with Crippen molar-refractivity contribution in [1.82, 2.24) is 0 Å². The Bertz CT molecular complexity index is 801. The second-order valence-electron chi connectivity index (χ2n) is 6.65. The average molecular weight is 351 g/mol. The van der Waals surface area contributed by atoms with Gasteiger partial charge >= 0.3 is 0 Å². The maximum atomic E-state index is 13.0. The Labute approximate surface area is 155 Å². The lowest BCUT2D eigenvalue weighted by Gasteiger charge is -2.38. The first-order valence-electron chi connectivity index (χ1n) is 8.83. The standard InChI is InChI=1S/C22H25NO3/c1-5-15(2)11-19-18-14-21(26-4)20(25-3)12-16(18)13-22(24)23(19)17-9-7-6-8-10-17/h5-10,12,14-15,19H,1,11,13H2,2-4H3/t15-,19-/m0/s1. The van der Waals surface area contributed by atoms with Crippen LogP contribution < -0.4 is 14.4 Å². The third-order valence-corrected chi connectivity index (χ3v) is 4.96. The zero-order valence-electron chi connectivity index (χ0n) is 15.6. The summed E-state index contributed by atoms with van der Waals surface area (Å²) in [4.78, 5) is 14.9. The lowest BCUT2D eigenvalue weighted by atomic mass is 9.86. The van der Waals surface area contributed by atoms with Crippen LogP contribution in [0.15, 0.2) is 55.1 Å². The second kappa shape index (κ2) is 7.65. The zero-order valence-corrected chi connectivity index (χ0v) is 15.6. The molecular weight excluding hydrogens is 326 g/mol. The number of anilines is 1. The van der Waals surface area contributed by atoms with Crippen LogP contribution in [0.4, 0.5) is 5.69 Å². The van der Waals surface area contributed by atoms with Crippen molar-refractivity contribution >= 4 is 11.6 Å². The molecule has 1 heterocycles. The Hall–Kier alpha value is -2.75. The van der Waals surface area contributed by atoms with Gasteiger partial charge in [-0.1, -0.05) is 31.2 Å². The van der Waals surface area contributed by atoms with Gasteiger partial charge in [0.05, 0.1) is 26.7 Å². The summed E-state index contributed by atoms with van der Waals surface area (Å²) >= 11 is 0. The first-order chi connectivity index (χ1) is 12.6. The Morgan fingerprint density at radius 1 is 1.19 bits per heavy atom. The minimum atomic E-state index is -0.0681. The molecular formula is C22H25NO3. The third kappa shape index (κ3) is 3.32. The number of para-hydroxylation sites is 1. The Kier molecular flexibility index (Phi) is 5.31. The van der Waals surface area contributed by atoms with Gasteiger partial charge < -0.3 is 14.4 Å². The van der Waals surface area contributed by atoms with Crippen LogP contribution in [-0.4, -0.2) is 20.1 Å². The number of allylic oxidation sites excluding steroid dienone is 1. The normalized spacial score (nSPS) is 17.4. The van der Waals surface area contributed by atoms with Crippen molar-refractivity contribution < 1.29 is 14.3 Å². The largest absolute Gasteiger partial charge is 0.493 e. The van der Waals surface area contributed by atoms with E-state index < -0.39 is 0 Å². The van der Waals surface area contributed by atoms with Crippen LogP contribution >= 0.6 is 0 Å². The van der Waals surface area contributed by atoms with Crippen molar-refractivity contribution in [2.45, 2.75) is 25.8 Å². The van der Waals surface area contributed by atoms with Crippen LogP contribution in [0, 0.1) is 5.92 Å². The van der Waals surface area contributed by atoms with Gasteiger partial charge in [0, 0.05) is 5.69 Å². The Morgan fingerprint density at radius 3 is 2.46 bits per heavy atom. The quantitative estimate of drug-likeness (QED) is 0.717. The number of hydrogen-bond donors (Lipinski definition) is 0. The highest BCUT2D eigenvalue weighted by Gasteiger charge is 2.35. The Balaban J connectivity index is 2.14. The number of hydrogen-bond acceptors (Lipinski definition) is 3. The van der Waals surface area contributed by atoms with E-state index in [-0.39, 0.29) is 17.9 Å². The van der Waals surface area contributed by atoms with Crippen molar-refractivity contribution in [3.8, 4) is 11.5 Å². The number of carbonyl (C=O) groups is 1. The predicted octanol–water partition coefficient (Wildman–Crippen LogP) is 4.55. The summed E-state index contributed by atoms with van der Waals surface area (Å²) in [6.45, 7) is 6.03. The molecule has 4 nitrogen and oxygen atoms in total. The number of benzene rings is 2. The molecule has 1 aliphatic heterocycles. The maximum absolute atomic E-state index is 13.0. The third-order valence-electron chi connectivity index (χ3n) is 4.96. The summed E-state index contributed by atoms with van der Waals surface area (Å²) in [6.07, 6.45) is 3.08. The minimum Gasteiger partial charge on any atom is -0.493 e. The van der Waals surface area contributed by atoms with E-state index in [2.05, 4.69) is 13.5 Å². The molecule has 0 saturated carbocycles. The molecule has 1 aliphatic rings. The molecule has 26 heavy (non-hydrogen) atoms. The minimum absolute atomic E-state index is 0.0681. The summed E-state index contributed by atoms with van der Waals surface area (Å²) < 4.78 is 10.9. The fourth-order valence-electron chi connectivity index (χ4n) is 3.55. The molecule has 0 aliphatic carbocycles. The summed E-state index contributed by atoms with van der Waals surface area (Å²) in [5, 5.41) is 0. The van der Waals surface area contributed by atoms with Crippen molar-refractivity contribution in [2.24, 2.45) is 5.92 Å². The number of amides is 1. The molecule has 3 rings (SSSR count). The van der Waals surface area contributed by atoms with Gasteiger partial charge in [0.25, 0.3) is 0 Å². The molecule has 2 atom stereocenters. The van der Waals surface area contributed by atoms with Gasteiger partial charge in [-0.15, -0.1) is 6.58 Å². The number of rotatable bonds is 6. The van der Waals surface area contributed by atoms with Crippen LogP contribution in [0.1, 0.15) is 30.5 Å². The lowest BCUT2D eigenvalue weighted by molar-refractivity contribution is -0.119. The molecule has 2 aromatic carbocycles. The molecule has 0 saturated heterocycles. The topological polar surface area (TPSA) is 38.8 Å². The maximum Gasteiger partial charge on any atom is 0.231 e. The van der Waals surface area contributed by atoms with Crippen LogP contribution in [0.25, 0.3) is 0 Å². The van der Waals surface area contributed by atoms with Gasteiger partial charge in [0.15, 0.2) is 11.5 Å². The van der Waals surface area contributed by atoms with Gasteiger partial charge in [0.1, 0.15) is 0 Å². The van der Waals surface area contributed by atoms with E-state index in [4.69, 9.17) is 9.47 Å². The van der Waals surface area contributed by atoms with Crippen molar-refractivity contribution in [1.29, 1.82) is 0 Å². The van der Waals surface area contributed by atoms with E-state index in [1.807, 2.05) is 53.4 Å². The first-order valence-corrected chi connectivity index (χ1v) is 8.83. The predicted molar refractivity (Wildman–Crippen MR) is 104 cm³/mol. The number of fused-ring (bicyclic) bond motifs is 1. The summed E-state index contributed by atoms with van der Waals surface area (Å²) in [5.41, 5.74) is 3.03. The van der Waals surface area contributed by atoms with Crippen molar-refractivity contribution in [3.63, 3.8) is 0 Å². The van der Waals surface area contributed by atoms with E-state index in [9.17, 15) is 4.79 Å². The van der Waals surface area contributed by atoms with Crippen molar-refractivity contribution in [3.05, 3.63) is 66.2 Å². The summed E-state index contributed by atoms with van der Waals surface area (Å²) in [7, 11) is 3.25. The van der Waals surface area contributed by atoms with Gasteiger partial charge in [-0.05, 0) is 47.7 Å². The van der Waals surface area contributed by atoms with Crippen LogP contribution in [0.3, 0.4) is 0 Å². The van der Waals surface area contributed by atoms with Gasteiger partial charge in [-0.25, -0.2) is 0 Å². The Morgan fingerprint density at radius 2 is 1.85 bits per heavy atom. The fourth-order valence-corrected chi connectivity index (χ4v) is 3.55. The van der Waals surface area contributed by atoms with E-state index in [1.54, 1.807) is 14.2 Å². The van der Waals surface area contributed by atoms with E-state index in [1.165, 1.54) is 0 Å². The lowest BCUT2D eigenvalue weighted by Crippen LogP contribution is -2.41. The smallest absolute Gasteiger partial charge is 0.231 e. The number of nitrogens with zero attached hydrogens (tertiary/aromatic N) is 1. The number of carbonyl (C=O) groups excluding carboxylic acids is 1. The van der Waals surface area contributed by atoms with Gasteiger partial charge in [-0.2, -0.15) is 0 Å². The van der Waals surface area contributed by atoms with E-state index in [0.29, 0.717) is 17.9 Å². The van der Waals surface area contributed by atoms with Crippen molar-refractivity contribution in [2.75, 3.05) is 19.1 Å². The molecule has 0 N–H and O–H groups in total. The fraction of sp³-hybridized carbons (Fsp3) is 0.318. The number of methoxy groups -OCH3 is 2. The van der Waals surface area contributed by atoms with Crippen LogP contribution in [-0.2, 0) is 11.2 Å². The molecule has 0 fully saturated rings. The molecule has 2 aromatic rings. The van der Waals surface area contributed by atoms with Gasteiger partial charge in [0.2, 0.25) is 5.91 Å². The number of ether oxygens (including phenoxy) is 2. The SMILES string of the molecule is C=C[C@H](C)C[C@H]1c2cc(OC)c(OC)cc2CC(=O)N1c1ccccc1. The van der Waals surface area contributed by atoms with E-state index >= 15 is 0 Å². The van der Waals surface area contributed by atoms with Crippen LogP contribution in [0.5, 0.6) is 11.5 Å². The molecule has 0 spiro atoms. The molecule has 0 bridgehead atoms. The highest BCUT2D eigenvalue weighted by atomic mass is 16.5. The van der Waals surface area contributed by atoms with Crippen LogP contribution in [0.2, 0.25) is 0 Å². The molecule has 1 amide bonds.